The quantitative estimate of drug-likeness (QED) is 0.848. The summed E-state index contributed by atoms with van der Waals surface area (Å²) in [5.74, 6) is -0.432. The Labute approximate surface area is 150 Å². The van der Waals surface area contributed by atoms with Gasteiger partial charge >= 0.3 is 12.0 Å². The van der Waals surface area contributed by atoms with Crippen LogP contribution in [0.5, 0.6) is 0 Å². The lowest BCUT2D eigenvalue weighted by Crippen LogP contribution is -2.43. The summed E-state index contributed by atoms with van der Waals surface area (Å²) >= 11 is 1.37. The van der Waals surface area contributed by atoms with Crippen LogP contribution in [0.1, 0.15) is 17.3 Å². The monoisotopic (exact) mass is 360 g/mol. The van der Waals surface area contributed by atoms with Gasteiger partial charge in [0.1, 0.15) is 5.00 Å². The van der Waals surface area contributed by atoms with E-state index >= 15 is 0 Å². The number of benzene rings is 1. The first kappa shape index (κ1) is 17.4. The van der Waals surface area contributed by atoms with Crippen molar-refractivity contribution < 1.29 is 19.1 Å². The summed E-state index contributed by atoms with van der Waals surface area (Å²) in [6.45, 7) is 4.17. The first-order chi connectivity index (χ1) is 12.2. The minimum Gasteiger partial charge on any atom is -0.462 e. The molecule has 0 aliphatic carbocycles. The summed E-state index contributed by atoms with van der Waals surface area (Å²) in [7, 11) is 0. The van der Waals surface area contributed by atoms with E-state index in [1.54, 1.807) is 17.9 Å². The van der Waals surface area contributed by atoms with E-state index in [1.807, 2.05) is 30.3 Å². The molecule has 2 amide bonds. The predicted octanol–water partition coefficient (Wildman–Crippen LogP) is 3.46. The molecule has 7 heteroatoms. The molecular weight excluding hydrogens is 340 g/mol. The lowest BCUT2D eigenvalue weighted by atomic mass is 10.1. The van der Waals surface area contributed by atoms with Crippen LogP contribution in [0.15, 0.2) is 36.4 Å². The number of urea groups is 1. The summed E-state index contributed by atoms with van der Waals surface area (Å²) in [5, 5.41) is 3.37. The molecular formula is C18H20N2O4S. The van der Waals surface area contributed by atoms with Gasteiger partial charge in [-0.3, -0.25) is 5.32 Å². The van der Waals surface area contributed by atoms with Gasteiger partial charge in [0.15, 0.2) is 0 Å². The van der Waals surface area contributed by atoms with E-state index in [1.165, 1.54) is 11.3 Å². The average Bonchev–Trinajstić information content (AvgIpc) is 3.07. The number of hydrogen-bond acceptors (Lipinski definition) is 5. The number of nitrogens with zero attached hydrogens (tertiary/aromatic N) is 1. The Morgan fingerprint density at radius 1 is 1.24 bits per heavy atom. The molecule has 1 aromatic carbocycles. The Morgan fingerprint density at radius 2 is 1.96 bits per heavy atom. The van der Waals surface area contributed by atoms with Gasteiger partial charge in [0.25, 0.3) is 0 Å². The molecule has 1 aromatic heterocycles. The number of rotatable bonds is 4. The van der Waals surface area contributed by atoms with Gasteiger partial charge in [0.05, 0.1) is 25.4 Å². The Balaban J connectivity index is 1.86. The van der Waals surface area contributed by atoms with Crippen LogP contribution in [0.25, 0.3) is 10.4 Å². The SMILES string of the molecule is CCOC(=O)c1cc(-c2ccccc2)sc1NC(=O)N1CCOCC1. The normalized spacial score (nSPS) is 14.2. The van der Waals surface area contributed by atoms with Crippen LogP contribution in [0, 0.1) is 0 Å². The number of thiophene rings is 1. The standard InChI is InChI=1S/C18H20N2O4S/c1-2-24-17(21)14-12-15(13-6-4-3-5-7-13)25-16(14)19-18(22)20-8-10-23-11-9-20/h3-7,12H,2,8-11H2,1H3,(H,19,22). The second kappa shape index (κ2) is 8.13. The van der Waals surface area contributed by atoms with Gasteiger partial charge in [-0.1, -0.05) is 30.3 Å². The van der Waals surface area contributed by atoms with Crippen molar-refractivity contribution in [3.63, 3.8) is 0 Å². The van der Waals surface area contributed by atoms with Crippen molar-refractivity contribution in [1.82, 2.24) is 4.90 Å². The van der Waals surface area contributed by atoms with Crippen LogP contribution in [0.4, 0.5) is 9.80 Å². The fourth-order valence-electron chi connectivity index (χ4n) is 2.53. The van der Waals surface area contributed by atoms with E-state index in [0.717, 1.165) is 10.4 Å². The minimum absolute atomic E-state index is 0.227. The Bertz CT molecular complexity index is 739. The highest BCUT2D eigenvalue weighted by Crippen LogP contribution is 2.36. The third-order valence-electron chi connectivity index (χ3n) is 3.80. The zero-order chi connectivity index (χ0) is 17.6. The molecule has 1 N–H and O–H groups in total. The molecule has 0 atom stereocenters. The summed E-state index contributed by atoms with van der Waals surface area (Å²) in [6.07, 6.45) is 0. The van der Waals surface area contributed by atoms with Crippen molar-refractivity contribution >= 4 is 28.3 Å². The molecule has 0 bridgehead atoms. The van der Waals surface area contributed by atoms with Crippen LogP contribution < -0.4 is 5.32 Å². The molecule has 0 saturated carbocycles. The first-order valence-electron chi connectivity index (χ1n) is 8.19. The molecule has 132 valence electrons. The van der Waals surface area contributed by atoms with Crippen LogP contribution in [0.2, 0.25) is 0 Å². The van der Waals surface area contributed by atoms with E-state index in [2.05, 4.69) is 5.32 Å². The van der Waals surface area contributed by atoms with Gasteiger partial charge in [0, 0.05) is 18.0 Å². The molecule has 1 saturated heterocycles. The van der Waals surface area contributed by atoms with E-state index in [0.29, 0.717) is 36.9 Å². The highest BCUT2D eigenvalue weighted by atomic mass is 32.1. The van der Waals surface area contributed by atoms with Crippen LogP contribution >= 0.6 is 11.3 Å². The van der Waals surface area contributed by atoms with Gasteiger partial charge < -0.3 is 14.4 Å². The number of nitrogens with one attached hydrogen (secondary N) is 1. The van der Waals surface area contributed by atoms with Gasteiger partial charge in [-0.15, -0.1) is 11.3 Å². The molecule has 25 heavy (non-hydrogen) atoms. The Hall–Kier alpha value is -2.38. The molecule has 3 rings (SSSR count). The number of carbonyl (C=O) groups excluding carboxylic acids is 2. The molecule has 1 aliphatic heterocycles. The molecule has 1 fully saturated rings. The fourth-order valence-corrected chi connectivity index (χ4v) is 3.57. The maximum Gasteiger partial charge on any atom is 0.341 e. The summed E-state index contributed by atoms with van der Waals surface area (Å²) in [6, 6.07) is 11.3. The highest BCUT2D eigenvalue weighted by molar-refractivity contribution is 7.20. The zero-order valence-corrected chi connectivity index (χ0v) is 14.8. The third kappa shape index (κ3) is 4.18. The minimum atomic E-state index is -0.432. The lowest BCUT2D eigenvalue weighted by molar-refractivity contribution is 0.0527. The van der Waals surface area contributed by atoms with E-state index < -0.39 is 5.97 Å². The molecule has 2 aromatic rings. The number of amides is 2. The van der Waals surface area contributed by atoms with Crippen molar-refractivity contribution in [1.29, 1.82) is 0 Å². The molecule has 2 heterocycles. The number of esters is 1. The first-order valence-corrected chi connectivity index (χ1v) is 9.00. The average molecular weight is 360 g/mol. The van der Waals surface area contributed by atoms with Gasteiger partial charge in [-0.2, -0.15) is 0 Å². The van der Waals surface area contributed by atoms with E-state index in [9.17, 15) is 9.59 Å². The van der Waals surface area contributed by atoms with Gasteiger partial charge in [-0.05, 0) is 18.6 Å². The van der Waals surface area contributed by atoms with E-state index in [4.69, 9.17) is 9.47 Å². The van der Waals surface area contributed by atoms with Crippen LogP contribution in [-0.4, -0.2) is 49.8 Å². The number of hydrogen-bond donors (Lipinski definition) is 1. The number of anilines is 1. The largest absolute Gasteiger partial charge is 0.462 e. The van der Waals surface area contributed by atoms with Crippen LogP contribution in [0.3, 0.4) is 0 Å². The highest BCUT2D eigenvalue weighted by Gasteiger charge is 2.23. The molecule has 0 spiro atoms. The predicted molar refractivity (Wildman–Crippen MR) is 97.1 cm³/mol. The Kier molecular flexibility index (Phi) is 5.67. The van der Waals surface area contributed by atoms with Crippen LogP contribution in [-0.2, 0) is 9.47 Å². The second-order valence-electron chi connectivity index (χ2n) is 5.47. The van der Waals surface area contributed by atoms with Crippen molar-refractivity contribution in [3.8, 4) is 10.4 Å². The smallest absolute Gasteiger partial charge is 0.341 e. The van der Waals surface area contributed by atoms with Gasteiger partial charge in [-0.25, -0.2) is 9.59 Å². The molecule has 0 radical (unpaired) electrons. The van der Waals surface area contributed by atoms with Crippen molar-refractivity contribution in [2.24, 2.45) is 0 Å². The van der Waals surface area contributed by atoms with Crippen molar-refractivity contribution in [2.75, 3.05) is 38.2 Å². The zero-order valence-electron chi connectivity index (χ0n) is 14.0. The Morgan fingerprint density at radius 3 is 2.64 bits per heavy atom. The molecule has 6 nitrogen and oxygen atoms in total. The number of ether oxygens (including phenoxy) is 2. The summed E-state index contributed by atoms with van der Waals surface area (Å²) in [5.41, 5.74) is 1.37. The molecule has 0 unspecified atom stereocenters. The molecule has 1 aliphatic rings. The number of morpholine rings is 1. The second-order valence-corrected chi connectivity index (χ2v) is 6.52. The maximum atomic E-state index is 12.5. The maximum absolute atomic E-state index is 12.5. The van der Waals surface area contributed by atoms with E-state index in [-0.39, 0.29) is 12.6 Å². The summed E-state index contributed by atoms with van der Waals surface area (Å²) < 4.78 is 10.4. The lowest BCUT2D eigenvalue weighted by Gasteiger charge is -2.26. The van der Waals surface area contributed by atoms with Crippen molar-refractivity contribution in [2.45, 2.75) is 6.92 Å². The van der Waals surface area contributed by atoms with Gasteiger partial charge in [0.2, 0.25) is 0 Å². The topological polar surface area (TPSA) is 67.9 Å². The van der Waals surface area contributed by atoms with Crippen molar-refractivity contribution in [3.05, 3.63) is 42.0 Å². The third-order valence-corrected chi connectivity index (χ3v) is 4.90. The number of carbonyl (C=O) groups is 2. The summed E-state index contributed by atoms with van der Waals surface area (Å²) in [4.78, 5) is 27.3. The fraction of sp³-hybridized carbons (Fsp3) is 0.333.